The first kappa shape index (κ1) is 16.3. The summed E-state index contributed by atoms with van der Waals surface area (Å²) in [4.78, 5) is 14.5. The maximum Gasteiger partial charge on any atom is 0.224 e. The van der Waals surface area contributed by atoms with Gasteiger partial charge in [-0.15, -0.1) is 0 Å². The SMILES string of the molecule is O=C(CC1CCS(=O)(=O)CC1)Nc1ccc(N2CCCC2)cc1. The number of anilines is 2. The van der Waals surface area contributed by atoms with Crippen LogP contribution in [-0.2, 0) is 14.6 Å². The fourth-order valence-corrected chi connectivity index (χ4v) is 4.94. The first-order valence-corrected chi connectivity index (χ1v) is 10.2. The highest BCUT2D eigenvalue weighted by Crippen LogP contribution is 2.24. The Balaban J connectivity index is 1.49. The zero-order valence-corrected chi connectivity index (χ0v) is 14.1. The molecule has 1 aromatic rings. The first-order chi connectivity index (χ1) is 11.0. The van der Waals surface area contributed by atoms with Gasteiger partial charge in [-0.3, -0.25) is 4.79 Å². The zero-order chi connectivity index (χ0) is 16.3. The van der Waals surface area contributed by atoms with Crippen LogP contribution in [0.5, 0.6) is 0 Å². The minimum absolute atomic E-state index is 0.0248. The van der Waals surface area contributed by atoms with E-state index in [4.69, 9.17) is 0 Å². The summed E-state index contributed by atoms with van der Waals surface area (Å²) in [6.07, 6.45) is 4.10. The van der Waals surface area contributed by atoms with Gasteiger partial charge in [-0.05, 0) is 55.9 Å². The van der Waals surface area contributed by atoms with E-state index in [0.717, 1.165) is 18.8 Å². The number of amides is 1. The summed E-state index contributed by atoms with van der Waals surface area (Å²) in [6.45, 7) is 2.21. The summed E-state index contributed by atoms with van der Waals surface area (Å²) in [7, 11) is -2.86. The Bertz CT molecular complexity index is 635. The van der Waals surface area contributed by atoms with Gasteiger partial charge in [0.25, 0.3) is 0 Å². The van der Waals surface area contributed by atoms with Crippen LogP contribution in [0.4, 0.5) is 11.4 Å². The second kappa shape index (κ2) is 6.91. The lowest BCUT2D eigenvalue weighted by Gasteiger charge is -2.21. The highest BCUT2D eigenvalue weighted by atomic mass is 32.2. The van der Waals surface area contributed by atoms with Crippen LogP contribution in [0.15, 0.2) is 24.3 Å². The molecule has 2 aliphatic heterocycles. The van der Waals surface area contributed by atoms with Crippen LogP contribution in [0.2, 0.25) is 0 Å². The van der Waals surface area contributed by atoms with E-state index >= 15 is 0 Å². The molecule has 1 aromatic carbocycles. The summed E-state index contributed by atoms with van der Waals surface area (Å²) in [5.74, 6) is 0.593. The van der Waals surface area contributed by atoms with Gasteiger partial charge in [0.15, 0.2) is 0 Å². The van der Waals surface area contributed by atoms with Crippen molar-refractivity contribution in [2.75, 3.05) is 34.8 Å². The zero-order valence-electron chi connectivity index (χ0n) is 13.3. The van der Waals surface area contributed by atoms with Crippen molar-refractivity contribution in [2.24, 2.45) is 5.92 Å². The van der Waals surface area contributed by atoms with Gasteiger partial charge < -0.3 is 10.2 Å². The predicted octanol–water partition coefficient (Wildman–Crippen LogP) is 2.44. The molecule has 126 valence electrons. The van der Waals surface area contributed by atoms with Crippen molar-refractivity contribution in [3.63, 3.8) is 0 Å². The molecule has 0 saturated carbocycles. The van der Waals surface area contributed by atoms with Gasteiger partial charge in [0.1, 0.15) is 9.84 Å². The molecule has 0 aliphatic carbocycles. The lowest BCUT2D eigenvalue weighted by molar-refractivity contribution is -0.117. The second-order valence-corrected chi connectivity index (χ2v) is 8.89. The van der Waals surface area contributed by atoms with Gasteiger partial charge in [0.05, 0.1) is 11.5 Å². The highest BCUT2D eigenvalue weighted by molar-refractivity contribution is 7.91. The summed E-state index contributed by atoms with van der Waals surface area (Å²) in [5.41, 5.74) is 2.01. The molecule has 0 bridgehead atoms. The Kier molecular flexibility index (Phi) is 4.90. The molecular formula is C17H24N2O3S. The number of sulfone groups is 1. The van der Waals surface area contributed by atoms with Crippen LogP contribution in [-0.4, -0.2) is 38.9 Å². The molecule has 0 atom stereocenters. The van der Waals surface area contributed by atoms with E-state index in [1.54, 1.807) is 0 Å². The van der Waals surface area contributed by atoms with E-state index < -0.39 is 9.84 Å². The number of carbonyl (C=O) groups is 1. The Morgan fingerprint density at radius 3 is 2.30 bits per heavy atom. The molecule has 0 unspecified atom stereocenters. The van der Waals surface area contributed by atoms with E-state index in [1.165, 1.54) is 18.5 Å². The lowest BCUT2D eigenvalue weighted by atomic mass is 9.98. The van der Waals surface area contributed by atoms with Gasteiger partial charge in [-0.25, -0.2) is 8.42 Å². The van der Waals surface area contributed by atoms with Crippen molar-refractivity contribution in [1.29, 1.82) is 0 Å². The van der Waals surface area contributed by atoms with Crippen LogP contribution >= 0.6 is 0 Å². The topological polar surface area (TPSA) is 66.5 Å². The third-order valence-corrected chi connectivity index (χ3v) is 6.49. The molecule has 1 amide bonds. The predicted molar refractivity (Wildman–Crippen MR) is 92.5 cm³/mol. The number of hydrogen-bond acceptors (Lipinski definition) is 4. The van der Waals surface area contributed by atoms with Crippen molar-refractivity contribution < 1.29 is 13.2 Å². The Hall–Kier alpha value is -1.56. The van der Waals surface area contributed by atoms with Crippen molar-refractivity contribution >= 4 is 27.1 Å². The molecule has 3 rings (SSSR count). The monoisotopic (exact) mass is 336 g/mol. The fourth-order valence-electron chi connectivity index (χ4n) is 3.35. The average Bonchev–Trinajstić information content (AvgIpc) is 3.04. The number of benzene rings is 1. The number of carbonyl (C=O) groups excluding carboxylic acids is 1. The molecule has 5 nitrogen and oxygen atoms in total. The van der Waals surface area contributed by atoms with Gasteiger partial charge in [-0.2, -0.15) is 0 Å². The van der Waals surface area contributed by atoms with E-state index in [0.29, 0.717) is 19.3 Å². The van der Waals surface area contributed by atoms with Crippen molar-refractivity contribution in [3.8, 4) is 0 Å². The van der Waals surface area contributed by atoms with E-state index in [-0.39, 0.29) is 23.3 Å². The van der Waals surface area contributed by atoms with E-state index in [9.17, 15) is 13.2 Å². The van der Waals surface area contributed by atoms with Crippen molar-refractivity contribution in [2.45, 2.75) is 32.1 Å². The summed E-state index contributed by atoms with van der Waals surface area (Å²) in [5, 5.41) is 2.92. The van der Waals surface area contributed by atoms with Gasteiger partial charge in [-0.1, -0.05) is 0 Å². The van der Waals surface area contributed by atoms with Crippen LogP contribution < -0.4 is 10.2 Å². The average molecular weight is 336 g/mol. The van der Waals surface area contributed by atoms with Crippen LogP contribution in [0, 0.1) is 5.92 Å². The number of rotatable bonds is 4. The molecule has 6 heteroatoms. The third kappa shape index (κ3) is 4.47. The fraction of sp³-hybridized carbons (Fsp3) is 0.588. The van der Waals surface area contributed by atoms with Crippen molar-refractivity contribution in [3.05, 3.63) is 24.3 Å². The quantitative estimate of drug-likeness (QED) is 0.917. The summed E-state index contributed by atoms with van der Waals surface area (Å²) < 4.78 is 22.8. The Labute approximate surface area is 138 Å². The Morgan fingerprint density at radius 1 is 1.09 bits per heavy atom. The number of nitrogens with zero attached hydrogens (tertiary/aromatic N) is 1. The maximum atomic E-state index is 12.1. The summed E-state index contributed by atoms with van der Waals surface area (Å²) in [6, 6.07) is 7.98. The van der Waals surface area contributed by atoms with Gasteiger partial charge >= 0.3 is 0 Å². The standard InChI is InChI=1S/C17H24N2O3S/c20-17(13-14-7-11-23(21,22)12-8-14)18-15-3-5-16(6-4-15)19-9-1-2-10-19/h3-6,14H,1-2,7-13H2,(H,18,20). The lowest BCUT2D eigenvalue weighted by Crippen LogP contribution is -2.26. The largest absolute Gasteiger partial charge is 0.372 e. The third-order valence-electron chi connectivity index (χ3n) is 4.77. The van der Waals surface area contributed by atoms with Crippen molar-refractivity contribution in [1.82, 2.24) is 0 Å². The molecule has 2 saturated heterocycles. The smallest absolute Gasteiger partial charge is 0.224 e. The van der Waals surface area contributed by atoms with Crippen LogP contribution in [0.25, 0.3) is 0 Å². The molecule has 2 fully saturated rings. The summed E-state index contributed by atoms with van der Waals surface area (Å²) >= 11 is 0. The molecule has 0 spiro atoms. The number of hydrogen-bond donors (Lipinski definition) is 1. The first-order valence-electron chi connectivity index (χ1n) is 8.37. The minimum atomic E-state index is -2.86. The van der Waals surface area contributed by atoms with Gasteiger partial charge in [0, 0.05) is 30.9 Å². The molecule has 2 heterocycles. The normalized spacial score (nSPS) is 21.3. The molecule has 2 aliphatic rings. The second-order valence-electron chi connectivity index (χ2n) is 6.59. The molecule has 0 aromatic heterocycles. The molecular weight excluding hydrogens is 312 g/mol. The van der Waals surface area contributed by atoms with Crippen LogP contribution in [0.3, 0.4) is 0 Å². The Morgan fingerprint density at radius 2 is 1.70 bits per heavy atom. The molecule has 23 heavy (non-hydrogen) atoms. The molecule has 0 radical (unpaired) electrons. The molecule has 1 N–H and O–H groups in total. The maximum absolute atomic E-state index is 12.1. The van der Waals surface area contributed by atoms with E-state index in [2.05, 4.69) is 10.2 Å². The van der Waals surface area contributed by atoms with Crippen LogP contribution in [0.1, 0.15) is 32.1 Å². The van der Waals surface area contributed by atoms with Gasteiger partial charge in [0.2, 0.25) is 5.91 Å². The highest BCUT2D eigenvalue weighted by Gasteiger charge is 2.25. The number of nitrogens with one attached hydrogen (secondary N) is 1. The minimum Gasteiger partial charge on any atom is -0.372 e. The van der Waals surface area contributed by atoms with E-state index in [1.807, 2.05) is 24.3 Å².